The van der Waals surface area contributed by atoms with Gasteiger partial charge in [0.25, 0.3) is 5.91 Å². The molecule has 0 bridgehead atoms. The van der Waals surface area contributed by atoms with E-state index in [9.17, 15) is 4.79 Å². The standard InChI is InChI=1S/C25H27NO4/c27-11-3-4-12-29-24-16-19(15-23(30-24)25(28)26-9-10-26)17-7-8-22-20(13-17)14-18-5-1-2-6-21(18)22/h1-2,5-8,13,15,19,24,27H,3-4,9-12,14,16H2/t19-,24+/m0/s1. The first kappa shape index (κ1) is 19.3. The first-order valence-electron chi connectivity index (χ1n) is 10.8. The Hall–Kier alpha value is -2.63. The molecule has 0 spiro atoms. The van der Waals surface area contributed by atoms with Gasteiger partial charge in [-0.25, -0.2) is 0 Å². The van der Waals surface area contributed by atoms with Crippen LogP contribution < -0.4 is 0 Å². The fourth-order valence-corrected chi connectivity index (χ4v) is 4.38. The number of aliphatic hydroxyl groups excluding tert-OH is 1. The summed E-state index contributed by atoms with van der Waals surface area (Å²) in [6.07, 6.45) is 4.64. The molecule has 0 radical (unpaired) electrons. The fraction of sp³-hybridized carbons (Fsp3) is 0.400. The Balaban J connectivity index is 1.38. The number of rotatable bonds is 7. The van der Waals surface area contributed by atoms with Crippen LogP contribution >= 0.6 is 0 Å². The number of benzene rings is 2. The quantitative estimate of drug-likeness (QED) is 0.482. The SMILES string of the molecule is O=C(C1=C[C@H](c2ccc3c(c2)Cc2ccccc2-3)C[C@H](OCCCCO)O1)N1CC1. The van der Waals surface area contributed by atoms with E-state index in [1.54, 1.807) is 4.90 Å². The Morgan fingerprint density at radius 2 is 1.93 bits per heavy atom. The predicted molar refractivity (Wildman–Crippen MR) is 114 cm³/mol. The lowest BCUT2D eigenvalue weighted by Crippen LogP contribution is -2.29. The average molecular weight is 405 g/mol. The number of aliphatic hydroxyl groups is 1. The van der Waals surface area contributed by atoms with Gasteiger partial charge < -0.3 is 19.5 Å². The van der Waals surface area contributed by atoms with Crippen molar-refractivity contribution in [3.8, 4) is 11.1 Å². The van der Waals surface area contributed by atoms with Crippen molar-refractivity contribution in [2.24, 2.45) is 0 Å². The molecule has 1 N–H and O–H groups in total. The van der Waals surface area contributed by atoms with Gasteiger partial charge in [0, 0.05) is 32.0 Å². The molecule has 1 amide bonds. The average Bonchev–Trinajstić information content (AvgIpc) is 3.56. The first-order valence-corrected chi connectivity index (χ1v) is 10.8. The van der Waals surface area contributed by atoms with E-state index >= 15 is 0 Å². The maximum atomic E-state index is 12.6. The number of allylic oxidation sites excluding steroid dienone is 1. The van der Waals surface area contributed by atoms with Crippen LogP contribution in [0.4, 0.5) is 0 Å². The number of hydrogen-bond donors (Lipinski definition) is 1. The third kappa shape index (κ3) is 3.87. The minimum absolute atomic E-state index is 0.0442. The highest BCUT2D eigenvalue weighted by atomic mass is 16.7. The van der Waals surface area contributed by atoms with Gasteiger partial charge in [0.05, 0.1) is 6.61 Å². The lowest BCUT2D eigenvalue weighted by Gasteiger charge is -2.29. The summed E-state index contributed by atoms with van der Waals surface area (Å²) in [6.45, 7) is 2.27. The van der Waals surface area contributed by atoms with Crippen LogP contribution in [-0.4, -0.2) is 48.5 Å². The Labute approximate surface area is 176 Å². The number of carbonyl (C=O) groups is 1. The van der Waals surface area contributed by atoms with E-state index in [1.165, 1.54) is 27.8 Å². The van der Waals surface area contributed by atoms with Crippen molar-refractivity contribution in [1.29, 1.82) is 0 Å². The van der Waals surface area contributed by atoms with Crippen molar-refractivity contribution < 1.29 is 19.4 Å². The molecule has 1 fully saturated rings. The topological polar surface area (TPSA) is 58.8 Å². The van der Waals surface area contributed by atoms with Crippen molar-refractivity contribution in [3.63, 3.8) is 0 Å². The number of amides is 1. The number of nitrogens with zero attached hydrogens (tertiary/aromatic N) is 1. The molecule has 1 aliphatic carbocycles. The number of hydrogen-bond acceptors (Lipinski definition) is 4. The van der Waals surface area contributed by atoms with Crippen molar-refractivity contribution in [2.75, 3.05) is 26.3 Å². The van der Waals surface area contributed by atoms with E-state index in [-0.39, 0.29) is 18.4 Å². The van der Waals surface area contributed by atoms with Gasteiger partial charge in [-0.1, -0.05) is 42.5 Å². The molecule has 156 valence electrons. The van der Waals surface area contributed by atoms with Gasteiger partial charge in [0.2, 0.25) is 6.29 Å². The molecule has 3 aliphatic rings. The molecular formula is C25H27NO4. The second-order valence-electron chi connectivity index (χ2n) is 8.26. The number of fused-ring (bicyclic) bond motifs is 3. The monoisotopic (exact) mass is 405 g/mol. The van der Waals surface area contributed by atoms with Crippen LogP contribution in [0.1, 0.15) is 41.9 Å². The molecule has 5 nitrogen and oxygen atoms in total. The van der Waals surface area contributed by atoms with Gasteiger partial charge in [-0.05, 0) is 53.2 Å². The molecule has 0 aromatic heterocycles. The largest absolute Gasteiger partial charge is 0.459 e. The van der Waals surface area contributed by atoms with Gasteiger partial charge in [0.1, 0.15) is 0 Å². The summed E-state index contributed by atoms with van der Waals surface area (Å²) in [5.74, 6) is 0.437. The van der Waals surface area contributed by atoms with Crippen LogP contribution in [0, 0.1) is 0 Å². The predicted octanol–water partition coefficient (Wildman–Crippen LogP) is 3.60. The lowest BCUT2D eigenvalue weighted by molar-refractivity contribution is -0.149. The third-order valence-electron chi connectivity index (χ3n) is 6.10. The van der Waals surface area contributed by atoms with Crippen molar-refractivity contribution in [2.45, 2.75) is 37.9 Å². The van der Waals surface area contributed by atoms with Crippen molar-refractivity contribution in [1.82, 2.24) is 4.90 Å². The van der Waals surface area contributed by atoms with Crippen LogP contribution in [0.25, 0.3) is 11.1 Å². The zero-order valence-electron chi connectivity index (χ0n) is 17.0. The summed E-state index contributed by atoms with van der Waals surface area (Å²) < 4.78 is 11.8. The highest BCUT2D eigenvalue weighted by Gasteiger charge is 2.34. The van der Waals surface area contributed by atoms with E-state index < -0.39 is 6.29 Å². The van der Waals surface area contributed by atoms with Gasteiger partial charge in [-0.2, -0.15) is 0 Å². The summed E-state index contributed by atoms with van der Waals surface area (Å²) >= 11 is 0. The highest BCUT2D eigenvalue weighted by Crippen LogP contribution is 2.40. The summed E-state index contributed by atoms with van der Waals surface area (Å²) in [7, 11) is 0. The Kier molecular flexibility index (Phi) is 5.32. The maximum Gasteiger partial charge on any atom is 0.288 e. The van der Waals surface area contributed by atoms with Gasteiger partial charge in [-0.15, -0.1) is 0 Å². The Morgan fingerprint density at radius 1 is 1.10 bits per heavy atom. The zero-order valence-corrected chi connectivity index (χ0v) is 17.0. The van der Waals surface area contributed by atoms with E-state index in [4.69, 9.17) is 14.6 Å². The van der Waals surface area contributed by atoms with Crippen LogP contribution in [0.3, 0.4) is 0 Å². The second-order valence-corrected chi connectivity index (χ2v) is 8.26. The number of carbonyl (C=O) groups excluding carboxylic acids is 1. The smallest absolute Gasteiger partial charge is 0.288 e. The molecule has 2 aliphatic heterocycles. The van der Waals surface area contributed by atoms with Crippen LogP contribution in [-0.2, 0) is 20.7 Å². The molecule has 30 heavy (non-hydrogen) atoms. The molecule has 5 rings (SSSR count). The van der Waals surface area contributed by atoms with Crippen molar-refractivity contribution >= 4 is 5.91 Å². The molecule has 2 atom stereocenters. The number of ether oxygens (including phenoxy) is 2. The van der Waals surface area contributed by atoms with E-state index in [1.807, 2.05) is 6.08 Å². The fourth-order valence-electron chi connectivity index (χ4n) is 4.38. The molecule has 0 saturated carbocycles. The van der Waals surface area contributed by atoms with E-state index in [2.05, 4.69) is 42.5 Å². The molecule has 5 heteroatoms. The normalized spacial score (nSPS) is 21.5. The second kappa shape index (κ2) is 8.25. The zero-order chi connectivity index (χ0) is 20.5. The molecule has 2 aromatic carbocycles. The molecule has 2 aromatic rings. The highest BCUT2D eigenvalue weighted by molar-refractivity contribution is 5.93. The number of unbranched alkanes of at least 4 members (excludes halogenated alkanes) is 1. The minimum Gasteiger partial charge on any atom is -0.459 e. The Bertz CT molecular complexity index is 979. The molecule has 2 heterocycles. The summed E-state index contributed by atoms with van der Waals surface area (Å²) in [4.78, 5) is 14.4. The molecular weight excluding hydrogens is 378 g/mol. The van der Waals surface area contributed by atoms with Crippen LogP contribution in [0.5, 0.6) is 0 Å². The van der Waals surface area contributed by atoms with Crippen molar-refractivity contribution in [3.05, 3.63) is 71.0 Å². The van der Waals surface area contributed by atoms with E-state index in [0.29, 0.717) is 25.2 Å². The summed E-state index contributed by atoms with van der Waals surface area (Å²) in [6, 6.07) is 15.2. The summed E-state index contributed by atoms with van der Waals surface area (Å²) in [5, 5.41) is 8.97. The summed E-state index contributed by atoms with van der Waals surface area (Å²) in [5.41, 5.74) is 6.54. The lowest BCUT2D eigenvalue weighted by atomic mass is 9.90. The van der Waals surface area contributed by atoms with Crippen LogP contribution in [0.2, 0.25) is 0 Å². The van der Waals surface area contributed by atoms with Gasteiger partial charge in [-0.3, -0.25) is 4.79 Å². The van der Waals surface area contributed by atoms with Crippen LogP contribution in [0.15, 0.2) is 54.3 Å². The van der Waals surface area contributed by atoms with Gasteiger partial charge >= 0.3 is 0 Å². The molecule has 0 unspecified atom stereocenters. The van der Waals surface area contributed by atoms with Gasteiger partial charge in [0.15, 0.2) is 5.76 Å². The first-order chi connectivity index (χ1) is 14.7. The maximum absolute atomic E-state index is 12.6. The molecule has 1 saturated heterocycles. The van der Waals surface area contributed by atoms with E-state index in [0.717, 1.165) is 25.9 Å². The minimum atomic E-state index is -0.442. The Morgan fingerprint density at radius 3 is 2.77 bits per heavy atom. The third-order valence-corrected chi connectivity index (χ3v) is 6.10.